The van der Waals surface area contributed by atoms with Gasteiger partial charge in [-0.05, 0) is 56.2 Å². The molecule has 1 amide bonds. The lowest BCUT2D eigenvalue weighted by atomic mass is 10.00. The van der Waals surface area contributed by atoms with Crippen LogP contribution in [0, 0.1) is 11.3 Å². The number of nitrogens with zero attached hydrogens (tertiary/aromatic N) is 2. The number of benzene rings is 1. The Morgan fingerprint density at radius 1 is 1.33 bits per heavy atom. The second-order valence-electron chi connectivity index (χ2n) is 6.93. The van der Waals surface area contributed by atoms with Gasteiger partial charge in [0.2, 0.25) is 5.91 Å². The number of hydrogen-bond donors (Lipinski definition) is 1. The van der Waals surface area contributed by atoms with Crippen molar-refractivity contribution < 1.29 is 9.53 Å². The predicted molar refractivity (Wildman–Crippen MR) is 91.4 cm³/mol. The van der Waals surface area contributed by atoms with Gasteiger partial charge in [0, 0.05) is 12.6 Å². The fraction of sp³-hybridized carbons (Fsp3) is 0.579. The molecule has 2 aliphatic carbocycles. The number of nitrogens with one attached hydrogen (secondary N) is 1. The van der Waals surface area contributed by atoms with Crippen LogP contribution in [0.5, 0.6) is 5.75 Å². The third-order valence-corrected chi connectivity index (χ3v) is 5.00. The molecule has 1 aromatic rings. The molecule has 2 saturated carbocycles. The van der Waals surface area contributed by atoms with Crippen molar-refractivity contribution in [2.24, 2.45) is 0 Å². The van der Waals surface area contributed by atoms with E-state index in [1.165, 1.54) is 5.56 Å². The first-order valence-corrected chi connectivity index (χ1v) is 8.73. The van der Waals surface area contributed by atoms with E-state index in [4.69, 9.17) is 4.74 Å². The summed E-state index contributed by atoms with van der Waals surface area (Å²) in [5.74, 6) is 0.811. The average Bonchev–Trinajstić information content (AvgIpc) is 3.35. The van der Waals surface area contributed by atoms with Crippen LogP contribution in [0.25, 0.3) is 0 Å². The molecule has 24 heavy (non-hydrogen) atoms. The Bertz CT molecular complexity index is 610. The van der Waals surface area contributed by atoms with Crippen molar-refractivity contribution in [1.29, 1.82) is 5.26 Å². The van der Waals surface area contributed by atoms with Gasteiger partial charge >= 0.3 is 0 Å². The van der Waals surface area contributed by atoms with Gasteiger partial charge in [-0.25, -0.2) is 0 Å². The Morgan fingerprint density at radius 3 is 2.54 bits per heavy atom. The summed E-state index contributed by atoms with van der Waals surface area (Å²) < 4.78 is 5.19. The quantitative estimate of drug-likeness (QED) is 0.836. The van der Waals surface area contributed by atoms with Crippen molar-refractivity contribution in [2.75, 3.05) is 13.7 Å². The van der Waals surface area contributed by atoms with Crippen LogP contribution in [0.15, 0.2) is 24.3 Å². The van der Waals surface area contributed by atoms with E-state index in [1.54, 1.807) is 7.11 Å². The Hall–Kier alpha value is -2.06. The molecule has 128 valence electrons. The Labute approximate surface area is 143 Å². The zero-order chi connectivity index (χ0) is 17.0. The topological polar surface area (TPSA) is 65.4 Å². The van der Waals surface area contributed by atoms with Crippen LogP contribution >= 0.6 is 0 Å². The second-order valence-corrected chi connectivity index (χ2v) is 6.93. The first-order valence-electron chi connectivity index (χ1n) is 8.73. The highest BCUT2D eigenvalue weighted by Gasteiger charge is 2.37. The Balaban J connectivity index is 1.59. The molecule has 2 fully saturated rings. The smallest absolute Gasteiger partial charge is 0.235 e. The molecule has 0 heterocycles. The molecule has 0 unspecified atom stereocenters. The van der Waals surface area contributed by atoms with E-state index in [1.807, 2.05) is 24.3 Å². The van der Waals surface area contributed by atoms with Crippen LogP contribution in [-0.2, 0) is 11.3 Å². The minimum absolute atomic E-state index is 0.0288. The van der Waals surface area contributed by atoms with Gasteiger partial charge in [-0.1, -0.05) is 12.1 Å². The molecular formula is C19H25N3O2. The zero-order valence-corrected chi connectivity index (χ0v) is 14.3. The summed E-state index contributed by atoms with van der Waals surface area (Å²) in [7, 11) is 1.66. The summed E-state index contributed by atoms with van der Waals surface area (Å²) in [6.07, 6.45) is 5.88. The third kappa shape index (κ3) is 4.07. The molecule has 0 aliphatic heterocycles. The Morgan fingerprint density at radius 2 is 2.00 bits per heavy atom. The van der Waals surface area contributed by atoms with Crippen LogP contribution in [0.2, 0.25) is 0 Å². The van der Waals surface area contributed by atoms with Crippen molar-refractivity contribution in [3.05, 3.63) is 29.8 Å². The maximum atomic E-state index is 12.5. The molecule has 0 saturated heterocycles. The maximum Gasteiger partial charge on any atom is 0.235 e. The van der Waals surface area contributed by atoms with E-state index in [-0.39, 0.29) is 5.91 Å². The van der Waals surface area contributed by atoms with Crippen LogP contribution in [0.1, 0.15) is 44.1 Å². The van der Waals surface area contributed by atoms with E-state index in [9.17, 15) is 10.1 Å². The lowest BCUT2D eigenvalue weighted by molar-refractivity contribution is -0.123. The van der Waals surface area contributed by atoms with Crippen LogP contribution in [-0.4, -0.2) is 36.0 Å². The summed E-state index contributed by atoms with van der Waals surface area (Å²) in [4.78, 5) is 14.7. The third-order valence-electron chi connectivity index (χ3n) is 5.00. The molecule has 3 rings (SSSR count). The minimum Gasteiger partial charge on any atom is -0.497 e. The lowest BCUT2D eigenvalue weighted by Gasteiger charge is -2.26. The fourth-order valence-corrected chi connectivity index (χ4v) is 3.45. The first kappa shape index (κ1) is 16.8. The van der Waals surface area contributed by atoms with Gasteiger partial charge in [-0.3, -0.25) is 9.69 Å². The molecule has 0 aromatic heterocycles. The predicted octanol–water partition coefficient (Wildman–Crippen LogP) is 2.61. The molecule has 1 N–H and O–H groups in total. The number of carbonyl (C=O) groups is 1. The van der Waals surface area contributed by atoms with E-state index in [0.29, 0.717) is 12.6 Å². The number of hydrogen-bond acceptors (Lipinski definition) is 4. The van der Waals surface area contributed by atoms with Gasteiger partial charge < -0.3 is 10.1 Å². The normalized spacial score (nSPS) is 19.0. The summed E-state index contributed by atoms with van der Waals surface area (Å²) >= 11 is 0. The Kier molecular flexibility index (Phi) is 5.06. The summed E-state index contributed by atoms with van der Waals surface area (Å²) in [5, 5.41) is 12.4. The number of amides is 1. The lowest BCUT2D eigenvalue weighted by Crippen LogP contribution is -2.49. The van der Waals surface area contributed by atoms with Gasteiger partial charge in [0.25, 0.3) is 0 Å². The summed E-state index contributed by atoms with van der Waals surface area (Å²) in [6.45, 7) is 1.11. The van der Waals surface area contributed by atoms with Gasteiger partial charge in [0.15, 0.2) is 0 Å². The number of methoxy groups -OCH3 is 1. The highest BCUT2D eigenvalue weighted by atomic mass is 16.5. The van der Waals surface area contributed by atoms with Crippen LogP contribution < -0.4 is 10.1 Å². The number of carbonyl (C=O) groups excluding carboxylic acids is 1. The molecule has 5 heteroatoms. The molecule has 1 aromatic carbocycles. The van der Waals surface area contributed by atoms with E-state index in [0.717, 1.165) is 50.8 Å². The first-order chi connectivity index (χ1) is 11.6. The van der Waals surface area contributed by atoms with Crippen molar-refractivity contribution in [3.8, 4) is 11.8 Å². The molecule has 0 radical (unpaired) electrons. The fourth-order valence-electron chi connectivity index (χ4n) is 3.45. The summed E-state index contributed by atoms with van der Waals surface area (Å²) in [5.41, 5.74) is 0.540. The zero-order valence-electron chi connectivity index (χ0n) is 14.3. The maximum absolute atomic E-state index is 12.5. The monoisotopic (exact) mass is 327 g/mol. The number of rotatable bonds is 7. The van der Waals surface area contributed by atoms with Gasteiger partial charge in [-0.15, -0.1) is 0 Å². The van der Waals surface area contributed by atoms with Gasteiger partial charge in [-0.2, -0.15) is 5.26 Å². The highest BCUT2D eigenvalue weighted by molar-refractivity contribution is 5.79. The van der Waals surface area contributed by atoms with Gasteiger partial charge in [0.05, 0.1) is 19.7 Å². The van der Waals surface area contributed by atoms with E-state index in [2.05, 4.69) is 16.3 Å². The van der Waals surface area contributed by atoms with E-state index < -0.39 is 5.54 Å². The summed E-state index contributed by atoms with van der Waals surface area (Å²) in [6, 6.07) is 10.8. The molecule has 0 atom stereocenters. The molecule has 5 nitrogen and oxygen atoms in total. The van der Waals surface area contributed by atoms with Crippen molar-refractivity contribution >= 4 is 5.91 Å². The SMILES string of the molecule is COc1ccc(CN(CC(=O)NC2(C#N)CCCC2)C2CC2)cc1. The molecule has 0 bridgehead atoms. The average molecular weight is 327 g/mol. The van der Waals surface area contributed by atoms with Crippen LogP contribution in [0.4, 0.5) is 0 Å². The second kappa shape index (κ2) is 7.23. The number of nitriles is 1. The van der Waals surface area contributed by atoms with E-state index >= 15 is 0 Å². The minimum atomic E-state index is -0.633. The van der Waals surface area contributed by atoms with Crippen LogP contribution in [0.3, 0.4) is 0 Å². The standard InChI is InChI=1S/C19H25N3O2/c1-24-17-8-4-15(5-9-17)12-22(16-6-7-16)13-18(23)21-19(14-20)10-2-3-11-19/h4-5,8-9,16H,2-3,6-7,10-13H2,1H3,(H,21,23). The van der Waals surface area contributed by atoms with Crippen molar-refractivity contribution in [2.45, 2.75) is 56.7 Å². The molecule has 0 spiro atoms. The highest BCUT2D eigenvalue weighted by Crippen LogP contribution is 2.30. The van der Waals surface area contributed by atoms with Crippen molar-refractivity contribution in [3.63, 3.8) is 0 Å². The largest absolute Gasteiger partial charge is 0.497 e. The van der Waals surface area contributed by atoms with Gasteiger partial charge in [0.1, 0.15) is 11.3 Å². The molecule has 2 aliphatic rings. The van der Waals surface area contributed by atoms with Crippen molar-refractivity contribution in [1.82, 2.24) is 10.2 Å². The molecular weight excluding hydrogens is 302 g/mol. The number of ether oxygens (including phenoxy) is 1.